The summed E-state index contributed by atoms with van der Waals surface area (Å²) >= 11 is 1.58. The Morgan fingerprint density at radius 3 is 2.35 bits per heavy atom. The minimum absolute atomic E-state index is 0.240. The maximum Gasteiger partial charge on any atom is 0.326 e. The van der Waals surface area contributed by atoms with Gasteiger partial charge in [0.05, 0.1) is 12.6 Å². The first kappa shape index (κ1) is 18.7. The summed E-state index contributed by atoms with van der Waals surface area (Å²) in [6, 6.07) is -1.62. The Morgan fingerprint density at radius 2 is 1.90 bits per heavy atom. The summed E-state index contributed by atoms with van der Waals surface area (Å²) < 4.78 is 0. The van der Waals surface area contributed by atoms with E-state index >= 15 is 0 Å². The van der Waals surface area contributed by atoms with Gasteiger partial charge >= 0.3 is 5.97 Å². The van der Waals surface area contributed by atoms with Crippen molar-refractivity contribution in [3.63, 3.8) is 0 Å². The second-order valence-electron chi connectivity index (χ2n) is 4.73. The molecule has 0 aromatic rings. The topological polar surface area (TPSA) is 122 Å². The van der Waals surface area contributed by atoms with Gasteiger partial charge in [0.2, 0.25) is 11.8 Å². The molecule has 0 heterocycles. The van der Waals surface area contributed by atoms with Crippen LogP contribution < -0.4 is 16.4 Å². The van der Waals surface area contributed by atoms with Gasteiger partial charge in [-0.05, 0) is 24.3 Å². The zero-order valence-corrected chi connectivity index (χ0v) is 12.8. The Kier molecular flexibility index (Phi) is 8.98. The Bertz CT molecular complexity index is 350. The fraction of sp³-hybridized carbons (Fsp3) is 0.750. The molecule has 0 aromatic heterocycles. The molecule has 0 saturated heterocycles. The van der Waals surface area contributed by atoms with Crippen LogP contribution in [0.4, 0.5) is 0 Å². The van der Waals surface area contributed by atoms with Crippen molar-refractivity contribution in [2.45, 2.75) is 32.4 Å². The summed E-state index contributed by atoms with van der Waals surface area (Å²) in [6.07, 6.45) is 2.44. The molecule has 0 radical (unpaired) electrons. The van der Waals surface area contributed by atoms with Crippen molar-refractivity contribution in [3.8, 4) is 0 Å². The lowest BCUT2D eigenvalue weighted by atomic mass is 10.1. The van der Waals surface area contributed by atoms with Gasteiger partial charge in [-0.1, -0.05) is 13.8 Å². The molecule has 116 valence electrons. The SMILES string of the molecule is CSCCC(N)C(=O)NCC(=O)NC(C(=O)O)C(C)C. The Balaban J connectivity index is 4.15. The molecular weight excluding hydrogens is 282 g/mol. The molecule has 2 amide bonds. The van der Waals surface area contributed by atoms with Crippen LogP contribution in [0.5, 0.6) is 0 Å². The van der Waals surface area contributed by atoms with Gasteiger partial charge in [-0.15, -0.1) is 0 Å². The number of rotatable bonds is 9. The van der Waals surface area contributed by atoms with Crippen molar-refractivity contribution in [3.05, 3.63) is 0 Å². The summed E-state index contributed by atoms with van der Waals surface area (Å²) in [7, 11) is 0. The average molecular weight is 305 g/mol. The molecule has 0 fully saturated rings. The molecule has 0 aliphatic heterocycles. The standard InChI is InChI=1S/C12H23N3O4S/c1-7(2)10(12(18)19)15-9(16)6-14-11(17)8(13)4-5-20-3/h7-8,10H,4-6,13H2,1-3H3,(H,14,17)(H,15,16)(H,18,19). The predicted octanol–water partition coefficient (Wildman–Crippen LogP) is -0.592. The van der Waals surface area contributed by atoms with Crippen LogP contribution in [0.25, 0.3) is 0 Å². The van der Waals surface area contributed by atoms with E-state index in [4.69, 9.17) is 10.8 Å². The predicted molar refractivity (Wildman–Crippen MR) is 78.4 cm³/mol. The lowest BCUT2D eigenvalue weighted by Gasteiger charge is -2.18. The van der Waals surface area contributed by atoms with Crippen molar-refractivity contribution in [1.82, 2.24) is 10.6 Å². The van der Waals surface area contributed by atoms with Crippen LogP contribution >= 0.6 is 11.8 Å². The number of aliphatic carboxylic acids is 1. The van der Waals surface area contributed by atoms with Crippen LogP contribution in [0.2, 0.25) is 0 Å². The third-order valence-electron chi connectivity index (χ3n) is 2.64. The van der Waals surface area contributed by atoms with E-state index < -0.39 is 29.9 Å². The van der Waals surface area contributed by atoms with Gasteiger partial charge in [-0.2, -0.15) is 11.8 Å². The summed E-state index contributed by atoms with van der Waals surface area (Å²) in [5, 5.41) is 13.7. The average Bonchev–Trinajstić information content (AvgIpc) is 2.38. The van der Waals surface area contributed by atoms with Crippen LogP contribution in [0.3, 0.4) is 0 Å². The van der Waals surface area contributed by atoms with Crippen molar-refractivity contribution >= 4 is 29.5 Å². The number of carboxylic acid groups (broad SMARTS) is 1. The summed E-state index contributed by atoms with van der Waals surface area (Å²) in [5.74, 6) is -1.54. The molecule has 2 atom stereocenters. The van der Waals surface area contributed by atoms with E-state index in [1.165, 1.54) is 0 Å². The lowest BCUT2D eigenvalue weighted by Crippen LogP contribution is -2.50. The summed E-state index contributed by atoms with van der Waals surface area (Å²) in [6.45, 7) is 3.11. The van der Waals surface area contributed by atoms with Crippen molar-refractivity contribution in [2.75, 3.05) is 18.6 Å². The van der Waals surface area contributed by atoms with E-state index in [2.05, 4.69) is 10.6 Å². The maximum absolute atomic E-state index is 11.6. The Hall–Kier alpha value is -1.28. The molecule has 0 spiro atoms. The van der Waals surface area contributed by atoms with Crippen molar-refractivity contribution in [1.29, 1.82) is 0 Å². The van der Waals surface area contributed by atoms with Gasteiger partial charge in [0.15, 0.2) is 0 Å². The van der Waals surface area contributed by atoms with E-state index in [1.807, 2.05) is 6.26 Å². The van der Waals surface area contributed by atoms with Crippen molar-refractivity contribution in [2.24, 2.45) is 11.7 Å². The van der Waals surface area contributed by atoms with E-state index in [0.29, 0.717) is 6.42 Å². The second-order valence-corrected chi connectivity index (χ2v) is 5.72. The summed E-state index contributed by atoms with van der Waals surface area (Å²) in [5.41, 5.74) is 5.64. The van der Waals surface area contributed by atoms with E-state index in [-0.39, 0.29) is 12.5 Å². The van der Waals surface area contributed by atoms with E-state index in [0.717, 1.165) is 5.75 Å². The van der Waals surface area contributed by atoms with Gasteiger partial charge in [-0.3, -0.25) is 9.59 Å². The highest BCUT2D eigenvalue weighted by Gasteiger charge is 2.23. The lowest BCUT2D eigenvalue weighted by molar-refractivity contribution is -0.143. The van der Waals surface area contributed by atoms with Gasteiger partial charge in [-0.25, -0.2) is 4.79 Å². The highest BCUT2D eigenvalue weighted by atomic mass is 32.2. The molecule has 7 nitrogen and oxygen atoms in total. The first-order chi connectivity index (χ1) is 9.29. The first-order valence-electron chi connectivity index (χ1n) is 6.34. The fourth-order valence-corrected chi connectivity index (χ4v) is 1.90. The number of nitrogens with one attached hydrogen (secondary N) is 2. The molecule has 0 saturated carbocycles. The Morgan fingerprint density at radius 1 is 1.30 bits per heavy atom. The molecule has 0 aromatic carbocycles. The van der Waals surface area contributed by atoms with Crippen molar-refractivity contribution < 1.29 is 19.5 Å². The number of amides is 2. The molecule has 2 unspecified atom stereocenters. The third kappa shape index (κ3) is 7.34. The molecule has 8 heteroatoms. The van der Waals surface area contributed by atoms with Gasteiger partial charge in [0.25, 0.3) is 0 Å². The number of carbonyl (C=O) groups excluding carboxylic acids is 2. The maximum atomic E-state index is 11.6. The quantitative estimate of drug-likeness (QED) is 0.452. The zero-order chi connectivity index (χ0) is 15.7. The highest BCUT2D eigenvalue weighted by molar-refractivity contribution is 7.98. The van der Waals surface area contributed by atoms with Crippen LogP contribution in [-0.2, 0) is 14.4 Å². The highest BCUT2D eigenvalue weighted by Crippen LogP contribution is 2.01. The second kappa shape index (κ2) is 9.60. The normalized spacial score (nSPS) is 13.7. The Labute approximate surface area is 123 Å². The van der Waals surface area contributed by atoms with Crippen LogP contribution in [0.1, 0.15) is 20.3 Å². The van der Waals surface area contributed by atoms with Crippen LogP contribution in [0.15, 0.2) is 0 Å². The minimum atomic E-state index is -1.10. The molecule has 20 heavy (non-hydrogen) atoms. The van der Waals surface area contributed by atoms with E-state index in [9.17, 15) is 14.4 Å². The number of hydrogen-bond acceptors (Lipinski definition) is 5. The fourth-order valence-electron chi connectivity index (χ4n) is 1.41. The third-order valence-corrected chi connectivity index (χ3v) is 3.29. The first-order valence-corrected chi connectivity index (χ1v) is 7.73. The number of nitrogens with two attached hydrogens (primary N) is 1. The largest absolute Gasteiger partial charge is 0.480 e. The molecule has 0 bridgehead atoms. The zero-order valence-electron chi connectivity index (χ0n) is 12.0. The molecule has 0 aliphatic rings. The number of carbonyl (C=O) groups is 3. The molecular formula is C12H23N3O4S. The molecule has 5 N–H and O–H groups in total. The molecule has 0 rings (SSSR count). The molecule has 0 aliphatic carbocycles. The minimum Gasteiger partial charge on any atom is -0.480 e. The van der Waals surface area contributed by atoms with Crippen LogP contribution in [-0.4, -0.2) is 53.5 Å². The monoisotopic (exact) mass is 305 g/mol. The smallest absolute Gasteiger partial charge is 0.326 e. The van der Waals surface area contributed by atoms with Gasteiger partial charge in [0, 0.05) is 0 Å². The van der Waals surface area contributed by atoms with Gasteiger partial charge in [0.1, 0.15) is 6.04 Å². The number of thioether (sulfide) groups is 1. The summed E-state index contributed by atoms with van der Waals surface area (Å²) in [4.78, 5) is 34.1. The van der Waals surface area contributed by atoms with E-state index in [1.54, 1.807) is 25.6 Å². The number of hydrogen-bond donors (Lipinski definition) is 4. The van der Waals surface area contributed by atoms with Gasteiger partial charge < -0.3 is 21.5 Å². The van der Waals surface area contributed by atoms with Crippen LogP contribution in [0, 0.1) is 5.92 Å². The number of carboxylic acids is 1.